The van der Waals surface area contributed by atoms with Crippen LogP contribution in [0, 0.1) is 0 Å². The maximum Gasteiger partial charge on any atom is 0.274 e. The van der Waals surface area contributed by atoms with E-state index in [-0.39, 0.29) is 5.91 Å². The molecule has 0 spiro atoms. The molecular formula is C20H20ClN3O. The van der Waals surface area contributed by atoms with Gasteiger partial charge in [0.25, 0.3) is 5.91 Å². The number of amides is 1. The zero-order valence-electron chi connectivity index (χ0n) is 14.3. The largest absolute Gasteiger partial charge is 0.336 e. The summed E-state index contributed by atoms with van der Waals surface area (Å²) in [6.07, 6.45) is 2.76. The molecule has 0 unspecified atom stereocenters. The van der Waals surface area contributed by atoms with Gasteiger partial charge in [0.15, 0.2) is 5.69 Å². The first kappa shape index (κ1) is 17.2. The highest BCUT2D eigenvalue weighted by molar-refractivity contribution is 6.32. The Hall–Kier alpha value is -2.59. The van der Waals surface area contributed by atoms with E-state index >= 15 is 0 Å². The van der Waals surface area contributed by atoms with Crippen molar-refractivity contribution < 1.29 is 4.79 Å². The minimum absolute atomic E-state index is 0.120. The SMILES string of the molecule is CCc1ccc(CN(C)C(=O)c2ccn(-c3ccccc3Cl)n2)cc1. The van der Waals surface area contributed by atoms with E-state index in [1.807, 2.05) is 18.2 Å². The van der Waals surface area contributed by atoms with Crippen molar-refractivity contribution in [2.45, 2.75) is 19.9 Å². The molecule has 25 heavy (non-hydrogen) atoms. The van der Waals surface area contributed by atoms with E-state index in [2.05, 4.69) is 36.3 Å². The molecule has 1 heterocycles. The third-order valence-corrected chi connectivity index (χ3v) is 4.42. The molecule has 1 aromatic heterocycles. The second-order valence-corrected chi connectivity index (χ2v) is 6.34. The minimum atomic E-state index is -0.120. The van der Waals surface area contributed by atoms with Crippen LogP contribution in [0.15, 0.2) is 60.8 Å². The lowest BCUT2D eigenvalue weighted by atomic mass is 10.1. The van der Waals surface area contributed by atoms with Crippen molar-refractivity contribution in [2.75, 3.05) is 7.05 Å². The highest BCUT2D eigenvalue weighted by atomic mass is 35.5. The predicted octanol–water partition coefficient (Wildman–Crippen LogP) is 4.36. The molecule has 0 bridgehead atoms. The topological polar surface area (TPSA) is 38.1 Å². The lowest BCUT2D eigenvalue weighted by Gasteiger charge is -2.16. The predicted molar refractivity (Wildman–Crippen MR) is 100 cm³/mol. The van der Waals surface area contributed by atoms with Crippen LogP contribution in [0.3, 0.4) is 0 Å². The van der Waals surface area contributed by atoms with Crippen LogP contribution < -0.4 is 0 Å². The number of carbonyl (C=O) groups is 1. The van der Waals surface area contributed by atoms with Crippen molar-refractivity contribution in [1.29, 1.82) is 0 Å². The van der Waals surface area contributed by atoms with Crippen molar-refractivity contribution in [3.8, 4) is 5.69 Å². The first-order valence-corrected chi connectivity index (χ1v) is 8.60. The van der Waals surface area contributed by atoms with Crippen LogP contribution in [0.4, 0.5) is 0 Å². The molecule has 3 aromatic rings. The molecule has 0 aliphatic heterocycles. The molecule has 0 saturated carbocycles. The Morgan fingerprint density at radius 3 is 2.44 bits per heavy atom. The summed E-state index contributed by atoms with van der Waals surface area (Å²) in [7, 11) is 1.78. The van der Waals surface area contributed by atoms with Crippen molar-refractivity contribution in [3.63, 3.8) is 0 Å². The van der Waals surface area contributed by atoms with Gasteiger partial charge >= 0.3 is 0 Å². The summed E-state index contributed by atoms with van der Waals surface area (Å²) >= 11 is 6.19. The third kappa shape index (κ3) is 3.91. The van der Waals surface area contributed by atoms with E-state index in [1.165, 1.54) is 5.56 Å². The average molecular weight is 354 g/mol. The van der Waals surface area contributed by atoms with Gasteiger partial charge in [0, 0.05) is 19.8 Å². The normalized spacial score (nSPS) is 10.7. The Kier molecular flexibility index (Phi) is 5.19. The number of rotatable bonds is 5. The monoisotopic (exact) mass is 353 g/mol. The molecule has 0 saturated heterocycles. The molecule has 0 N–H and O–H groups in total. The van der Waals surface area contributed by atoms with Crippen LogP contribution in [-0.4, -0.2) is 27.6 Å². The van der Waals surface area contributed by atoms with Crippen molar-refractivity contribution in [1.82, 2.24) is 14.7 Å². The highest BCUT2D eigenvalue weighted by Crippen LogP contribution is 2.19. The summed E-state index contributed by atoms with van der Waals surface area (Å²) in [5.41, 5.74) is 3.53. The number of benzene rings is 2. The van der Waals surface area contributed by atoms with Gasteiger partial charge in [-0.25, -0.2) is 4.68 Å². The number of aryl methyl sites for hydroxylation is 1. The fourth-order valence-electron chi connectivity index (χ4n) is 2.63. The van der Waals surface area contributed by atoms with Gasteiger partial charge < -0.3 is 4.90 Å². The van der Waals surface area contributed by atoms with E-state index in [4.69, 9.17) is 11.6 Å². The van der Waals surface area contributed by atoms with Crippen LogP contribution in [0.5, 0.6) is 0 Å². The first-order valence-electron chi connectivity index (χ1n) is 8.22. The fourth-order valence-corrected chi connectivity index (χ4v) is 2.85. The standard InChI is InChI=1S/C20H20ClN3O/c1-3-15-8-10-16(11-9-15)14-23(2)20(25)18-12-13-24(22-18)19-7-5-4-6-17(19)21/h4-13H,3,14H2,1-2H3. The van der Waals surface area contributed by atoms with E-state index < -0.39 is 0 Å². The third-order valence-electron chi connectivity index (χ3n) is 4.11. The van der Waals surface area contributed by atoms with Crippen LogP contribution in [0.1, 0.15) is 28.5 Å². The smallest absolute Gasteiger partial charge is 0.274 e. The minimum Gasteiger partial charge on any atom is -0.336 e. The Balaban J connectivity index is 1.73. The van der Waals surface area contributed by atoms with Crippen LogP contribution in [0.25, 0.3) is 5.69 Å². The summed E-state index contributed by atoms with van der Waals surface area (Å²) in [5, 5.41) is 4.96. The zero-order valence-corrected chi connectivity index (χ0v) is 15.1. The number of nitrogens with zero attached hydrogens (tertiary/aromatic N) is 3. The Bertz CT molecular complexity index is 871. The summed E-state index contributed by atoms with van der Waals surface area (Å²) in [5.74, 6) is -0.120. The van der Waals surface area contributed by atoms with E-state index in [1.54, 1.807) is 35.0 Å². The molecule has 4 nitrogen and oxygen atoms in total. The number of hydrogen-bond acceptors (Lipinski definition) is 2. The lowest BCUT2D eigenvalue weighted by Crippen LogP contribution is -2.26. The number of carbonyl (C=O) groups excluding carboxylic acids is 1. The summed E-state index contributed by atoms with van der Waals surface area (Å²) in [6.45, 7) is 2.67. The van der Waals surface area contributed by atoms with Gasteiger partial charge in [0.2, 0.25) is 0 Å². The molecule has 5 heteroatoms. The number of halogens is 1. The number of aromatic nitrogens is 2. The Labute approximate surface area is 152 Å². The van der Waals surface area contributed by atoms with Crippen molar-refractivity contribution in [2.24, 2.45) is 0 Å². The Morgan fingerprint density at radius 1 is 1.08 bits per heavy atom. The molecule has 128 valence electrons. The fraction of sp³-hybridized carbons (Fsp3) is 0.200. The summed E-state index contributed by atoms with van der Waals surface area (Å²) < 4.78 is 1.62. The van der Waals surface area contributed by atoms with Crippen molar-refractivity contribution in [3.05, 3.63) is 82.6 Å². The average Bonchev–Trinajstić information content (AvgIpc) is 3.12. The van der Waals surface area contributed by atoms with Gasteiger partial charge in [-0.1, -0.05) is 54.9 Å². The van der Waals surface area contributed by atoms with Gasteiger partial charge in [0.1, 0.15) is 0 Å². The van der Waals surface area contributed by atoms with Crippen LogP contribution in [-0.2, 0) is 13.0 Å². The molecule has 0 aliphatic rings. The summed E-state index contributed by atoms with van der Waals surface area (Å²) in [6, 6.07) is 17.4. The molecule has 0 atom stereocenters. The molecule has 1 amide bonds. The van der Waals surface area contributed by atoms with Gasteiger partial charge in [-0.05, 0) is 35.7 Å². The van der Waals surface area contributed by atoms with Gasteiger partial charge in [-0.2, -0.15) is 5.10 Å². The second-order valence-electron chi connectivity index (χ2n) is 5.93. The van der Waals surface area contributed by atoms with Gasteiger partial charge in [-0.15, -0.1) is 0 Å². The second kappa shape index (κ2) is 7.53. The first-order chi connectivity index (χ1) is 12.1. The number of para-hydroxylation sites is 1. The molecule has 3 rings (SSSR count). The maximum absolute atomic E-state index is 12.6. The van der Waals surface area contributed by atoms with Crippen LogP contribution in [0.2, 0.25) is 5.02 Å². The van der Waals surface area contributed by atoms with E-state index in [0.29, 0.717) is 17.3 Å². The van der Waals surface area contributed by atoms with Gasteiger partial charge in [0.05, 0.1) is 10.7 Å². The molecule has 2 aromatic carbocycles. The van der Waals surface area contributed by atoms with Crippen molar-refractivity contribution >= 4 is 17.5 Å². The zero-order chi connectivity index (χ0) is 17.8. The van der Waals surface area contributed by atoms with Crippen LogP contribution >= 0.6 is 11.6 Å². The number of hydrogen-bond donors (Lipinski definition) is 0. The molecule has 0 fully saturated rings. The highest BCUT2D eigenvalue weighted by Gasteiger charge is 2.16. The summed E-state index contributed by atoms with van der Waals surface area (Å²) in [4.78, 5) is 14.3. The molecular weight excluding hydrogens is 334 g/mol. The van der Waals surface area contributed by atoms with Gasteiger partial charge in [-0.3, -0.25) is 4.79 Å². The molecule has 0 radical (unpaired) electrons. The van der Waals surface area contributed by atoms with E-state index in [0.717, 1.165) is 17.7 Å². The lowest BCUT2D eigenvalue weighted by molar-refractivity contribution is 0.0779. The maximum atomic E-state index is 12.6. The molecule has 0 aliphatic carbocycles. The quantitative estimate of drug-likeness (QED) is 0.683. The van der Waals surface area contributed by atoms with E-state index in [9.17, 15) is 4.79 Å². The Morgan fingerprint density at radius 2 is 1.76 bits per heavy atom.